The number of ether oxygens (including phenoxy) is 1. The van der Waals surface area contributed by atoms with E-state index in [2.05, 4.69) is 15.0 Å². The molecule has 0 bridgehead atoms. The lowest BCUT2D eigenvalue weighted by atomic mass is 10.1. The molecular formula is C22H20N4O3. The van der Waals surface area contributed by atoms with Crippen LogP contribution in [0, 0.1) is 6.92 Å². The van der Waals surface area contributed by atoms with Gasteiger partial charge in [-0.05, 0) is 13.0 Å². The number of ketones is 1. The maximum absolute atomic E-state index is 12.9. The van der Waals surface area contributed by atoms with Crippen molar-refractivity contribution < 1.29 is 13.9 Å². The summed E-state index contributed by atoms with van der Waals surface area (Å²) in [5.74, 6) is 1.65. The molecule has 7 nitrogen and oxygen atoms in total. The standard InChI is InChI=1S/C22H20N4O3/c1-13-19(14-7-4-3-5-8-14)24-18(29-13)12-11-16(27)20-15-9-6-10-17(28-2)21(15)26-22(23)25-20/h3-10H,11-12H2,1-2H3,(H2,23,25,26). The number of hydrogen-bond donors (Lipinski definition) is 1. The predicted molar refractivity (Wildman–Crippen MR) is 110 cm³/mol. The second-order valence-corrected chi connectivity index (χ2v) is 6.59. The zero-order valence-electron chi connectivity index (χ0n) is 16.2. The Balaban J connectivity index is 1.58. The lowest BCUT2D eigenvalue weighted by Gasteiger charge is -2.08. The number of Topliss-reactive ketones (excluding diaryl/α,β-unsaturated/α-hetero) is 1. The molecule has 2 N–H and O–H groups in total. The van der Waals surface area contributed by atoms with Crippen molar-refractivity contribution in [3.05, 3.63) is 65.9 Å². The van der Waals surface area contributed by atoms with E-state index in [0.29, 0.717) is 29.0 Å². The average molecular weight is 388 g/mol. The van der Waals surface area contributed by atoms with Gasteiger partial charge in [0.05, 0.1) is 7.11 Å². The number of hydrogen-bond acceptors (Lipinski definition) is 7. The molecule has 0 aliphatic heterocycles. The second kappa shape index (κ2) is 7.71. The number of oxazole rings is 1. The molecular weight excluding hydrogens is 368 g/mol. The molecule has 0 saturated carbocycles. The number of benzene rings is 2. The molecule has 146 valence electrons. The molecule has 0 atom stereocenters. The number of nitrogens with zero attached hydrogens (tertiary/aromatic N) is 3. The third-order valence-corrected chi connectivity index (χ3v) is 4.64. The fourth-order valence-corrected chi connectivity index (χ4v) is 3.28. The molecule has 2 heterocycles. The minimum absolute atomic E-state index is 0.0312. The van der Waals surface area contributed by atoms with Crippen molar-refractivity contribution in [3.63, 3.8) is 0 Å². The summed E-state index contributed by atoms with van der Waals surface area (Å²) < 4.78 is 11.1. The molecule has 0 saturated heterocycles. The minimum Gasteiger partial charge on any atom is -0.494 e. The van der Waals surface area contributed by atoms with Crippen molar-refractivity contribution in [2.24, 2.45) is 0 Å². The van der Waals surface area contributed by atoms with Crippen molar-refractivity contribution in [3.8, 4) is 17.0 Å². The lowest BCUT2D eigenvalue weighted by Crippen LogP contribution is -2.09. The second-order valence-electron chi connectivity index (χ2n) is 6.59. The zero-order valence-corrected chi connectivity index (χ0v) is 16.2. The highest BCUT2D eigenvalue weighted by molar-refractivity contribution is 6.07. The number of carbonyl (C=O) groups excluding carboxylic acids is 1. The molecule has 0 unspecified atom stereocenters. The first-order valence-corrected chi connectivity index (χ1v) is 9.22. The smallest absolute Gasteiger partial charge is 0.221 e. The molecule has 0 aliphatic carbocycles. The van der Waals surface area contributed by atoms with Crippen LogP contribution in [0.5, 0.6) is 5.75 Å². The molecule has 0 amide bonds. The Morgan fingerprint density at radius 3 is 2.62 bits per heavy atom. The van der Waals surface area contributed by atoms with Gasteiger partial charge in [0, 0.05) is 23.8 Å². The van der Waals surface area contributed by atoms with Gasteiger partial charge in [-0.3, -0.25) is 4.79 Å². The van der Waals surface area contributed by atoms with Crippen molar-refractivity contribution in [1.29, 1.82) is 0 Å². The molecule has 0 fully saturated rings. The van der Waals surface area contributed by atoms with E-state index in [-0.39, 0.29) is 23.8 Å². The number of aryl methyl sites for hydroxylation is 2. The summed E-state index contributed by atoms with van der Waals surface area (Å²) in [6, 6.07) is 15.1. The summed E-state index contributed by atoms with van der Waals surface area (Å²) >= 11 is 0. The fourth-order valence-electron chi connectivity index (χ4n) is 3.28. The van der Waals surface area contributed by atoms with Crippen LogP contribution >= 0.6 is 0 Å². The van der Waals surface area contributed by atoms with E-state index in [1.807, 2.05) is 37.3 Å². The maximum atomic E-state index is 12.9. The van der Waals surface area contributed by atoms with E-state index in [0.717, 1.165) is 17.0 Å². The molecule has 2 aromatic carbocycles. The molecule has 4 aromatic rings. The van der Waals surface area contributed by atoms with Gasteiger partial charge in [0.1, 0.15) is 28.4 Å². The highest BCUT2D eigenvalue weighted by Crippen LogP contribution is 2.27. The van der Waals surface area contributed by atoms with Crippen LogP contribution in [-0.4, -0.2) is 27.8 Å². The van der Waals surface area contributed by atoms with E-state index < -0.39 is 0 Å². The Labute approximate surface area is 167 Å². The number of carbonyl (C=O) groups is 1. The van der Waals surface area contributed by atoms with Crippen LogP contribution < -0.4 is 10.5 Å². The van der Waals surface area contributed by atoms with E-state index in [1.54, 1.807) is 25.3 Å². The molecule has 29 heavy (non-hydrogen) atoms. The van der Waals surface area contributed by atoms with E-state index >= 15 is 0 Å². The van der Waals surface area contributed by atoms with Crippen LogP contribution in [0.4, 0.5) is 5.95 Å². The zero-order chi connectivity index (χ0) is 20.4. The van der Waals surface area contributed by atoms with Gasteiger partial charge in [-0.15, -0.1) is 0 Å². The molecule has 7 heteroatoms. The van der Waals surface area contributed by atoms with Crippen LogP contribution in [-0.2, 0) is 6.42 Å². The first-order chi connectivity index (χ1) is 14.1. The highest BCUT2D eigenvalue weighted by Gasteiger charge is 2.18. The SMILES string of the molecule is COc1cccc2c(C(=O)CCc3nc(-c4ccccc4)c(C)o3)nc(N)nc12. The van der Waals surface area contributed by atoms with Gasteiger partial charge < -0.3 is 14.9 Å². The van der Waals surface area contributed by atoms with Crippen LogP contribution in [0.3, 0.4) is 0 Å². The summed E-state index contributed by atoms with van der Waals surface area (Å²) in [5.41, 5.74) is 8.38. The number of methoxy groups -OCH3 is 1. The van der Waals surface area contributed by atoms with Crippen molar-refractivity contribution in [1.82, 2.24) is 15.0 Å². The van der Waals surface area contributed by atoms with Gasteiger partial charge in [-0.25, -0.2) is 15.0 Å². The number of rotatable bonds is 6. The molecule has 0 radical (unpaired) electrons. The van der Waals surface area contributed by atoms with Gasteiger partial charge in [0.25, 0.3) is 0 Å². The van der Waals surface area contributed by atoms with Gasteiger partial charge >= 0.3 is 0 Å². The Morgan fingerprint density at radius 2 is 1.86 bits per heavy atom. The Morgan fingerprint density at radius 1 is 1.07 bits per heavy atom. The summed E-state index contributed by atoms with van der Waals surface area (Å²) in [7, 11) is 1.55. The summed E-state index contributed by atoms with van der Waals surface area (Å²) in [4.78, 5) is 25.8. The van der Waals surface area contributed by atoms with E-state index in [1.165, 1.54) is 0 Å². The molecule has 4 rings (SSSR count). The van der Waals surface area contributed by atoms with Crippen molar-refractivity contribution in [2.45, 2.75) is 19.8 Å². The van der Waals surface area contributed by atoms with Gasteiger partial charge in [-0.2, -0.15) is 0 Å². The first kappa shape index (κ1) is 18.6. The molecule has 2 aromatic heterocycles. The number of nitrogens with two attached hydrogens (primary N) is 1. The Kier molecular flexibility index (Phi) is 4.95. The summed E-state index contributed by atoms with van der Waals surface area (Å²) in [6.07, 6.45) is 0.554. The Bertz CT molecular complexity index is 1190. The number of anilines is 1. The fraction of sp³-hybridized carbons (Fsp3) is 0.182. The summed E-state index contributed by atoms with van der Waals surface area (Å²) in [6.45, 7) is 1.87. The quantitative estimate of drug-likeness (QED) is 0.498. The number of fused-ring (bicyclic) bond motifs is 1. The molecule has 0 spiro atoms. The maximum Gasteiger partial charge on any atom is 0.221 e. The topological polar surface area (TPSA) is 104 Å². The van der Waals surface area contributed by atoms with Crippen molar-refractivity contribution in [2.75, 3.05) is 12.8 Å². The minimum atomic E-state index is -0.158. The van der Waals surface area contributed by atoms with E-state index in [4.69, 9.17) is 14.9 Å². The lowest BCUT2D eigenvalue weighted by molar-refractivity contribution is 0.0977. The van der Waals surface area contributed by atoms with Gasteiger partial charge in [0.2, 0.25) is 5.95 Å². The van der Waals surface area contributed by atoms with Gasteiger partial charge in [0.15, 0.2) is 11.7 Å². The first-order valence-electron chi connectivity index (χ1n) is 9.22. The molecule has 0 aliphatic rings. The van der Waals surface area contributed by atoms with Crippen LogP contribution in [0.25, 0.3) is 22.2 Å². The average Bonchev–Trinajstić information content (AvgIpc) is 3.12. The Hall–Kier alpha value is -3.74. The summed E-state index contributed by atoms with van der Waals surface area (Å²) in [5, 5.41) is 0.608. The monoisotopic (exact) mass is 388 g/mol. The number of aromatic nitrogens is 3. The number of para-hydroxylation sites is 1. The van der Waals surface area contributed by atoms with Crippen molar-refractivity contribution >= 4 is 22.6 Å². The number of nitrogen functional groups attached to an aromatic ring is 1. The van der Waals surface area contributed by atoms with Crippen LogP contribution in [0.15, 0.2) is 52.9 Å². The van der Waals surface area contributed by atoms with Gasteiger partial charge in [-0.1, -0.05) is 42.5 Å². The van der Waals surface area contributed by atoms with Crippen LogP contribution in [0.2, 0.25) is 0 Å². The van der Waals surface area contributed by atoms with E-state index in [9.17, 15) is 4.79 Å². The third kappa shape index (κ3) is 3.67. The third-order valence-electron chi connectivity index (χ3n) is 4.64. The normalized spacial score (nSPS) is 11.0. The highest BCUT2D eigenvalue weighted by atomic mass is 16.5. The van der Waals surface area contributed by atoms with Crippen LogP contribution in [0.1, 0.15) is 28.6 Å². The largest absolute Gasteiger partial charge is 0.494 e. The predicted octanol–water partition coefficient (Wildman–Crippen LogP) is 4.00.